The first-order valence-electron chi connectivity index (χ1n) is 15.1. The van der Waals surface area contributed by atoms with E-state index in [1.807, 2.05) is 6.07 Å². The van der Waals surface area contributed by atoms with E-state index < -0.39 is 28.7 Å². The summed E-state index contributed by atoms with van der Waals surface area (Å²) in [6, 6.07) is 6.05. The Morgan fingerprint density at radius 2 is 2.00 bits per heavy atom. The normalized spacial score (nSPS) is 22.6. The highest BCUT2D eigenvalue weighted by molar-refractivity contribution is 6.09. The van der Waals surface area contributed by atoms with E-state index in [0.717, 1.165) is 29.8 Å². The Bertz CT molecular complexity index is 1630. The maximum Gasteiger partial charge on any atom is 0.409 e. The van der Waals surface area contributed by atoms with Gasteiger partial charge in [0.1, 0.15) is 11.6 Å². The highest BCUT2D eigenvalue weighted by Gasteiger charge is 2.39. The third-order valence-corrected chi connectivity index (χ3v) is 9.14. The SMILES string of the molecule is COC(=O)N(C)[C@@H]1[C@H](N)C[C@H](c2ccncc2Nc2ncc(/C=C\C(=N)c3c(F)cc(C4(C#N)CCOCC4)cc3F)[nH]2)C[C@@H]1C. The number of imidazole rings is 1. The number of nitriles is 1. The smallest absolute Gasteiger partial charge is 0.409 e. The standard InChI is InChI=1S/C33H38F2N8O3/c1-19-12-20(13-27(38)30(19)43(2)32(44)45-3)23-6-9-39-17-28(23)42-31-40-16-22(41-31)4-5-26(37)29-24(34)14-21(15-25(29)35)33(18-36)7-10-46-11-8-33/h4-6,9,14-17,19-20,27,30,37H,7-8,10-13,38H2,1-3H3,(H2,40,41,42)/b5-4-,37-26?/t19-,20+,27+,30-/m0/s1. The number of amides is 1. The summed E-state index contributed by atoms with van der Waals surface area (Å²) in [4.78, 5) is 25.5. The summed E-state index contributed by atoms with van der Waals surface area (Å²) in [5.74, 6) is -1.16. The number of carbonyl (C=O) groups excluding carboxylic acids is 1. The van der Waals surface area contributed by atoms with Gasteiger partial charge in [0.2, 0.25) is 5.95 Å². The van der Waals surface area contributed by atoms with E-state index in [4.69, 9.17) is 20.6 Å². The number of nitrogens with zero attached hydrogens (tertiary/aromatic N) is 4. The van der Waals surface area contributed by atoms with Crippen LogP contribution in [0, 0.1) is 34.3 Å². The highest BCUT2D eigenvalue weighted by atomic mass is 19.1. The number of hydrogen-bond donors (Lipinski definition) is 4. The number of aromatic nitrogens is 3. The van der Waals surface area contributed by atoms with Gasteiger partial charge in [0.15, 0.2) is 0 Å². The largest absolute Gasteiger partial charge is 0.453 e. The number of anilines is 2. The number of hydrogen-bond acceptors (Lipinski definition) is 9. The van der Waals surface area contributed by atoms with E-state index in [1.165, 1.54) is 25.5 Å². The molecule has 1 amide bonds. The van der Waals surface area contributed by atoms with E-state index in [0.29, 0.717) is 44.1 Å². The summed E-state index contributed by atoms with van der Waals surface area (Å²) >= 11 is 0. The minimum absolute atomic E-state index is 0.110. The predicted octanol–water partition coefficient (Wildman–Crippen LogP) is 5.39. The molecule has 5 N–H and O–H groups in total. The summed E-state index contributed by atoms with van der Waals surface area (Å²) < 4.78 is 40.5. The van der Waals surface area contributed by atoms with Gasteiger partial charge in [-0.1, -0.05) is 6.92 Å². The van der Waals surface area contributed by atoms with Gasteiger partial charge in [0.05, 0.1) is 59.7 Å². The van der Waals surface area contributed by atoms with Crippen LogP contribution in [0.25, 0.3) is 6.08 Å². The Labute approximate surface area is 266 Å². The lowest BCUT2D eigenvalue weighted by Crippen LogP contribution is -2.55. The van der Waals surface area contributed by atoms with Crippen LogP contribution in [0.1, 0.15) is 60.9 Å². The molecular weight excluding hydrogens is 594 g/mol. The Balaban J connectivity index is 1.28. The number of H-pyrrole nitrogens is 1. The molecule has 1 saturated carbocycles. The maximum absolute atomic E-state index is 15.1. The van der Waals surface area contributed by atoms with Crippen molar-refractivity contribution in [2.45, 2.75) is 56.0 Å². The number of rotatable bonds is 8. The van der Waals surface area contributed by atoms with Crippen LogP contribution in [0.3, 0.4) is 0 Å². The molecule has 0 radical (unpaired) electrons. The van der Waals surface area contributed by atoms with Crippen molar-refractivity contribution >= 4 is 29.5 Å². The molecule has 1 aliphatic carbocycles. The zero-order valence-corrected chi connectivity index (χ0v) is 26.0. The molecule has 242 valence electrons. The van der Waals surface area contributed by atoms with E-state index in [-0.39, 0.29) is 35.2 Å². The van der Waals surface area contributed by atoms with Gasteiger partial charge in [-0.3, -0.25) is 4.98 Å². The van der Waals surface area contributed by atoms with Crippen LogP contribution in [0.15, 0.2) is 42.9 Å². The number of pyridine rings is 1. The molecule has 46 heavy (non-hydrogen) atoms. The van der Waals surface area contributed by atoms with E-state index in [9.17, 15) is 10.1 Å². The Hall–Kier alpha value is -4.67. The van der Waals surface area contributed by atoms with Crippen molar-refractivity contribution in [3.63, 3.8) is 0 Å². The molecule has 4 atom stereocenters. The molecule has 1 aromatic carbocycles. The number of methoxy groups -OCH3 is 1. The second-order valence-corrected chi connectivity index (χ2v) is 12.0. The Morgan fingerprint density at radius 1 is 1.28 bits per heavy atom. The third-order valence-electron chi connectivity index (χ3n) is 9.14. The molecule has 1 aliphatic heterocycles. The van der Waals surface area contributed by atoms with Crippen LogP contribution >= 0.6 is 0 Å². The van der Waals surface area contributed by atoms with Crippen LogP contribution in [0.5, 0.6) is 0 Å². The minimum atomic E-state index is -1.02. The molecule has 3 aromatic rings. The zero-order valence-electron chi connectivity index (χ0n) is 26.0. The van der Waals surface area contributed by atoms with Gasteiger partial charge in [-0.2, -0.15) is 5.26 Å². The number of benzene rings is 1. The molecule has 1 saturated heterocycles. The number of ether oxygens (including phenoxy) is 2. The highest BCUT2D eigenvalue weighted by Crippen LogP contribution is 2.40. The fourth-order valence-electron chi connectivity index (χ4n) is 6.79. The van der Waals surface area contributed by atoms with Crippen molar-refractivity contribution in [1.82, 2.24) is 19.9 Å². The van der Waals surface area contributed by atoms with Crippen LogP contribution < -0.4 is 11.1 Å². The first-order chi connectivity index (χ1) is 22.1. The fraction of sp³-hybridized carbons (Fsp3) is 0.424. The lowest BCUT2D eigenvalue weighted by molar-refractivity contribution is 0.0673. The molecule has 5 rings (SSSR count). The lowest BCUT2D eigenvalue weighted by Gasteiger charge is -2.43. The van der Waals surface area contributed by atoms with Gasteiger partial charge in [0.25, 0.3) is 0 Å². The van der Waals surface area contributed by atoms with Crippen LogP contribution in [-0.4, -0.2) is 71.1 Å². The van der Waals surface area contributed by atoms with Gasteiger partial charge in [-0.25, -0.2) is 18.6 Å². The van der Waals surface area contributed by atoms with Gasteiger partial charge in [0, 0.05) is 32.5 Å². The number of allylic oxidation sites excluding steroid dienone is 1. The number of halogens is 2. The number of carbonyl (C=O) groups is 1. The van der Waals surface area contributed by atoms with Gasteiger partial charge < -0.3 is 35.8 Å². The van der Waals surface area contributed by atoms with E-state index in [1.54, 1.807) is 24.3 Å². The van der Waals surface area contributed by atoms with Crippen LogP contribution in [0.4, 0.5) is 25.2 Å². The van der Waals surface area contributed by atoms with Gasteiger partial charge in [-0.05, 0) is 79.0 Å². The number of nitrogens with two attached hydrogens (primary N) is 1. The monoisotopic (exact) mass is 632 g/mol. The summed E-state index contributed by atoms with van der Waals surface area (Å²) in [6.45, 7) is 2.75. The maximum atomic E-state index is 15.1. The fourth-order valence-corrected chi connectivity index (χ4v) is 6.79. The molecule has 0 unspecified atom stereocenters. The molecular formula is C33H38F2N8O3. The number of aromatic amines is 1. The zero-order chi connectivity index (χ0) is 33.0. The van der Waals surface area contributed by atoms with Crippen molar-refractivity contribution in [3.8, 4) is 6.07 Å². The molecule has 2 aliphatic rings. The Kier molecular flexibility index (Phi) is 9.79. The quantitative estimate of drug-likeness (QED) is 0.240. The topological polar surface area (TPSA) is 166 Å². The lowest BCUT2D eigenvalue weighted by atomic mass is 9.73. The summed E-state index contributed by atoms with van der Waals surface area (Å²) in [5.41, 5.74) is 7.23. The van der Waals surface area contributed by atoms with Crippen molar-refractivity contribution in [2.75, 3.05) is 32.7 Å². The first-order valence-corrected chi connectivity index (χ1v) is 15.1. The molecule has 11 nitrogen and oxygen atoms in total. The second-order valence-electron chi connectivity index (χ2n) is 12.0. The average molecular weight is 633 g/mol. The average Bonchev–Trinajstić information content (AvgIpc) is 3.50. The number of likely N-dealkylation sites (N-methyl/N-ethyl adjacent to an activating group) is 1. The summed E-state index contributed by atoms with van der Waals surface area (Å²) in [5, 5.41) is 21.4. The van der Waals surface area contributed by atoms with E-state index >= 15 is 8.78 Å². The second kappa shape index (κ2) is 13.8. The molecule has 3 heterocycles. The van der Waals surface area contributed by atoms with E-state index in [2.05, 4.69) is 33.3 Å². The van der Waals surface area contributed by atoms with Crippen molar-refractivity contribution in [2.24, 2.45) is 11.7 Å². The molecule has 0 bridgehead atoms. The molecule has 2 fully saturated rings. The molecule has 13 heteroatoms. The molecule has 0 spiro atoms. The van der Waals surface area contributed by atoms with Crippen molar-refractivity contribution < 1.29 is 23.0 Å². The van der Waals surface area contributed by atoms with Crippen LogP contribution in [-0.2, 0) is 14.9 Å². The van der Waals surface area contributed by atoms with Crippen molar-refractivity contribution in [1.29, 1.82) is 10.7 Å². The summed E-state index contributed by atoms with van der Waals surface area (Å²) in [7, 11) is 3.06. The third kappa shape index (κ3) is 6.63. The number of nitrogens with one attached hydrogen (secondary N) is 3. The first kappa shape index (κ1) is 32.7. The Morgan fingerprint density at radius 3 is 2.65 bits per heavy atom. The molecule has 2 aromatic heterocycles. The summed E-state index contributed by atoms with van der Waals surface area (Å²) in [6.07, 6.45) is 9.49. The minimum Gasteiger partial charge on any atom is -0.453 e. The van der Waals surface area contributed by atoms with Gasteiger partial charge >= 0.3 is 6.09 Å². The predicted molar refractivity (Wildman–Crippen MR) is 169 cm³/mol. The van der Waals surface area contributed by atoms with Crippen LogP contribution in [0.2, 0.25) is 0 Å². The van der Waals surface area contributed by atoms with Gasteiger partial charge in [-0.15, -0.1) is 0 Å². The van der Waals surface area contributed by atoms with Crippen molar-refractivity contribution in [3.05, 3.63) is 76.9 Å².